The highest BCUT2D eigenvalue weighted by atomic mass is 16.3. The molecule has 0 radical (unpaired) electrons. The minimum atomic E-state index is 0.140. The Bertz CT molecular complexity index is 1090. The topological polar surface area (TPSA) is 65.2 Å². The van der Waals surface area contributed by atoms with Crippen LogP contribution in [0.5, 0.6) is 11.5 Å². The molecule has 0 aliphatic carbocycles. The van der Waals surface area contributed by atoms with E-state index in [-0.39, 0.29) is 11.5 Å². The zero-order valence-electron chi connectivity index (χ0n) is 13.9. The number of phenols is 2. The predicted molar refractivity (Wildman–Crippen MR) is 103 cm³/mol. The second kappa shape index (κ2) is 6.69. The van der Waals surface area contributed by atoms with Crippen molar-refractivity contribution < 1.29 is 10.2 Å². The number of phenolic OH excluding ortho intramolecular Hbond substituents is 2. The molecule has 4 rings (SSSR count). The molecule has 4 aromatic carbocycles. The first kappa shape index (κ1) is 15.8. The quantitative estimate of drug-likeness (QED) is 0.428. The van der Waals surface area contributed by atoms with Crippen LogP contribution in [-0.4, -0.2) is 10.2 Å². The molecule has 4 aromatic rings. The van der Waals surface area contributed by atoms with Crippen molar-refractivity contribution >= 4 is 22.1 Å². The Hall–Kier alpha value is -3.66. The van der Waals surface area contributed by atoms with Crippen LogP contribution in [-0.2, 0) is 0 Å². The van der Waals surface area contributed by atoms with Crippen molar-refractivity contribution in [2.45, 2.75) is 0 Å². The minimum Gasteiger partial charge on any atom is -0.507 e. The molecule has 0 spiro atoms. The van der Waals surface area contributed by atoms with Gasteiger partial charge in [-0.1, -0.05) is 42.5 Å². The molecular weight excluding hydrogens is 324 g/mol. The average Bonchev–Trinajstić information content (AvgIpc) is 2.69. The van der Waals surface area contributed by atoms with Gasteiger partial charge < -0.3 is 10.2 Å². The fraction of sp³-hybridized carbons (Fsp3) is 0. The van der Waals surface area contributed by atoms with Crippen molar-refractivity contribution in [1.82, 2.24) is 0 Å². The van der Waals surface area contributed by atoms with Crippen LogP contribution in [0.1, 0.15) is 0 Å². The van der Waals surface area contributed by atoms with Crippen molar-refractivity contribution in [3.8, 4) is 22.6 Å². The van der Waals surface area contributed by atoms with E-state index in [0.717, 1.165) is 22.5 Å². The molecule has 26 heavy (non-hydrogen) atoms. The number of benzene rings is 4. The molecular formula is C22H16N2O2. The van der Waals surface area contributed by atoms with Gasteiger partial charge in [0.1, 0.15) is 11.5 Å². The highest BCUT2D eigenvalue weighted by Gasteiger charge is 2.11. The second-order valence-corrected chi connectivity index (χ2v) is 5.91. The maximum Gasteiger partial charge on any atom is 0.124 e. The number of aromatic hydroxyl groups is 2. The van der Waals surface area contributed by atoms with Gasteiger partial charge in [-0.15, -0.1) is 0 Å². The van der Waals surface area contributed by atoms with E-state index in [1.54, 1.807) is 30.3 Å². The average molecular weight is 340 g/mol. The van der Waals surface area contributed by atoms with Crippen LogP contribution < -0.4 is 0 Å². The lowest BCUT2D eigenvalue weighted by Gasteiger charge is -2.10. The summed E-state index contributed by atoms with van der Waals surface area (Å²) in [6, 6.07) is 25.7. The highest BCUT2D eigenvalue weighted by Crippen LogP contribution is 2.39. The summed E-state index contributed by atoms with van der Waals surface area (Å²) in [5.41, 5.74) is 3.31. The maximum absolute atomic E-state index is 10.3. The van der Waals surface area contributed by atoms with Crippen LogP contribution in [0.4, 0.5) is 11.4 Å². The first-order valence-corrected chi connectivity index (χ1v) is 8.23. The summed E-state index contributed by atoms with van der Waals surface area (Å²) in [5, 5.41) is 30.0. The fourth-order valence-electron chi connectivity index (χ4n) is 2.93. The third-order valence-corrected chi connectivity index (χ3v) is 4.21. The van der Waals surface area contributed by atoms with Crippen LogP contribution in [0.25, 0.3) is 21.9 Å². The van der Waals surface area contributed by atoms with E-state index in [1.165, 1.54) is 0 Å². The molecule has 0 saturated heterocycles. The van der Waals surface area contributed by atoms with E-state index >= 15 is 0 Å². The summed E-state index contributed by atoms with van der Waals surface area (Å²) >= 11 is 0. The highest BCUT2D eigenvalue weighted by molar-refractivity contribution is 6.03. The van der Waals surface area contributed by atoms with Crippen molar-refractivity contribution in [2.24, 2.45) is 10.2 Å². The largest absolute Gasteiger partial charge is 0.507 e. The molecule has 0 saturated carbocycles. The van der Waals surface area contributed by atoms with E-state index in [1.807, 2.05) is 54.6 Å². The maximum atomic E-state index is 10.3. The molecule has 0 fully saturated rings. The van der Waals surface area contributed by atoms with Gasteiger partial charge in [0.25, 0.3) is 0 Å². The van der Waals surface area contributed by atoms with Crippen LogP contribution in [0.3, 0.4) is 0 Å². The smallest absolute Gasteiger partial charge is 0.124 e. The molecule has 4 nitrogen and oxygen atoms in total. The summed E-state index contributed by atoms with van der Waals surface area (Å²) in [6.07, 6.45) is 0. The Morgan fingerprint density at radius 1 is 0.538 bits per heavy atom. The number of fused-ring (bicyclic) bond motifs is 1. The van der Waals surface area contributed by atoms with Gasteiger partial charge in [0.05, 0.1) is 11.4 Å². The van der Waals surface area contributed by atoms with Gasteiger partial charge in [0.15, 0.2) is 0 Å². The second-order valence-electron chi connectivity index (χ2n) is 5.91. The number of nitrogens with zero attached hydrogens (tertiary/aromatic N) is 2. The van der Waals surface area contributed by atoms with E-state index in [4.69, 9.17) is 0 Å². The molecule has 0 aliphatic rings. The summed E-state index contributed by atoms with van der Waals surface area (Å²) in [4.78, 5) is 0. The van der Waals surface area contributed by atoms with Crippen LogP contribution >= 0.6 is 0 Å². The van der Waals surface area contributed by atoms with Crippen molar-refractivity contribution in [1.29, 1.82) is 0 Å². The number of hydrogen-bond acceptors (Lipinski definition) is 4. The minimum absolute atomic E-state index is 0.140. The van der Waals surface area contributed by atoms with Crippen LogP contribution in [0.2, 0.25) is 0 Å². The Morgan fingerprint density at radius 2 is 1.23 bits per heavy atom. The van der Waals surface area contributed by atoms with Crippen LogP contribution in [0.15, 0.2) is 95.2 Å². The number of rotatable bonds is 3. The number of azo groups is 1. The first-order chi connectivity index (χ1) is 12.7. The van der Waals surface area contributed by atoms with Gasteiger partial charge in [-0.2, -0.15) is 10.2 Å². The van der Waals surface area contributed by atoms with E-state index < -0.39 is 0 Å². The lowest BCUT2D eigenvalue weighted by atomic mass is 9.97. The van der Waals surface area contributed by atoms with Crippen LogP contribution in [0, 0.1) is 0 Å². The summed E-state index contributed by atoms with van der Waals surface area (Å²) in [7, 11) is 0. The Labute approximate surface area is 150 Å². The zero-order chi connectivity index (χ0) is 17.9. The molecule has 0 bridgehead atoms. The lowest BCUT2D eigenvalue weighted by Crippen LogP contribution is -1.83. The van der Waals surface area contributed by atoms with Gasteiger partial charge in [0, 0.05) is 10.8 Å². The Balaban J connectivity index is 1.71. The molecule has 2 N–H and O–H groups in total. The van der Waals surface area contributed by atoms with Gasteiger partial charge in [-0.3, -0.25) is 0 Å². The molecule has 0 aromatic heterocycles. The summed E-state index contributed by atoms with van der Waals surface area (Å²) in [6.45, 7) is 0. The van der Waals surface area contributed by atoms with E-state index in [2.05, 4.69) is 10.2 Å². The van der Waals surface area contributed by atoms with Gasteiger partial charge >= 0.3 is 0 Å². The normalized spacial score (nSPS) is 11.2. The van der Waals surface area contributed by atoms with Gasteiger partial charge in [0.2, 0.25) is 0 Å². The van der Waals surface area contributed by atoms with Crippen molar-refractivity contribution in [2.75, 3.05) is 0 Å². The predicted octanol–water partition coefficient (Wildman–Crippen LogP) is 6.33. The molecule has 0 unspecified atom stereocenters. The van der Waals surface area contributed by atoms with Gasteiger partial charge in [-0.05, 0) is 53.6 Å². The van der Waals surface area contributed by atoms with E-state index in [0.29, 0.717) is 10.8 Å². The Morgan fingerprint density at radius 3 is 1.96 bits per heavy atom. The van der Waals surface area contributed by atoms with Gasteiger partial charge in [-0.25, -0.2) is 0 Å². The first-order valence-electron chi connectivity index (χ1n) is 8.23. The zero-order valence-corrected chi connectivity index (χ0v) is 13.9. The van der Waals surface area contributed by atoms with Crippen molar-refractivity contribution in [3.05, 3.63) is 84.9 Å². The third-order valence-electron chi connectivity index (χ3n) is 4.21. The summed E-state index contributed by atoms with van der Waals surface area (Å²) in [5.74, 6) is 0.286. The van der Waals surface area contributed by atoms with E-state index in [9.17, 15) is 10.2 Å². The number of hydrogen-bond donors (Lipinski definition) is 2. The molecule has 0 aliphatic heterocycles. The fourth-order valence-corrected chi connectivity index (χ4v) is 2.93. The lowest BCUT2D eigenvalue weighted by molar-refractivity contribution is 0.476. The molecule has 0 amide bonds. The monoisotopic (exact) mass is 340 g/mol. The Kier molecular flexibility index (Phi) is 4.07. The molecule has 126 valence electrons. The standard InChI is InChI=1S/C22H16N2O2/c25-20-14-13-18(22-19(20)7-4-8-21(22)26)15-9-11-17(12-10-15)24-23-16-5-2-1-3-6-16/h1-14,25-26H/b24-23+. The molecule has 0 atom stereocenters. The third kappa shape index (κ3) is 3.00. The molecule has 4 heteroatoms. The molecule has 0 heterocycles. The SMILES string of the molecule is Oc1ccc(-c2ccc(/N=N/c3ccccc3)cc2)c2c(O)cccc12. The summed E-state index contributed by atoms with van der Waals surface area (Å²) < 4.78 is 0. The van der Waals surface area contributed by atoms with Crippen molar-refractivity contribution in [3.63, 3.8) is 0 Å².